The Morgan fingerprint density at radius 2 is 1.68 bits per heavy atom. The summed E-state index contributed by atoms with van der Waals surface area (Å²) in [6.45, 7) is 2.60. The summed E-state index contributed by atoms with van der Waals surface area (Å²) in [5.74, 6) is 0.632. The standard InChI is InChI=1S/C19H21NO4.ClH/c1-23-17-9-15-7-8-20(12-16(15)10-18(17)24-2)11-13-3-5-14(6-4-13)19(21)22;/h3-6,9-10H,7-8,11-12H2,1-2H3,(H,21,22);1H. The van der Waals surface area contributed by atoms with Crippen molar-refractivity contribution in [2.75, 3.05) is 20.8 Å². The quantitative estimate of drug-likeness (QED) is 0.882. The molecule has 0 fully saturated rings. The van der Waals surface area contributed by atoms with Gasteiger partial charge in [0.1, 0.15) is 0 Å². The number of benzene rings is 2. The Bertz CT molecular complexity index is 746. The minimum atomic E-state index is -0.894. The minimum absolute atomic E-state index is 0. The van der Waals surface area contributed by atoms with Crippen molar-refractivity contribution in [3.8, 4) is 11.5 Å². The number of carbonyl (C=O) groups is 1. The Labute approximate surface area is 153 Å². The molecule has 0 amide bonds. The first kappa shape index (κ1) is 19.1. The average molecular weight is 364 g/mol. The van der Waals surface area contributed by atoms with Gasteiger partial charge in [-0.1, -0.05) is 12.1 Å². The molecule has 3 rings (SSSR count). The van der Waals surface area contributed by atoms with Crippen LogP contribution in [0.3, 0.4) is 0 Å². The zero-order valence-electron chi connectivity index (χ0n) is 14.3. The maximum Gasteiger partial charge on any atom is 0.335 e. The summed E-state index contributed by atoms with van der Waals surface area (Å²) in [5.41, 5.74) is 3.98. The van der Waals surface area contributed by atoms with Gasteiger partial charge in [-0.05, 0) is 47.4 Å². The topological polar surface area (TPSA) is 59.0 Å². The zero-order valence-corrected chi connectivity index (χ0v) is 15.1. The molecule has 1 aliphatic rings. The van der Waals surface area contributed by atoms with Crippen LogP contribution in [0.25, 0.3) is 0 Å². The van der Waals surface area contributed by atoms with Gasteiger partial charge in [-0.25, -0.2) is 4.79 Å². The summed E-state index contributed by atoms with van der Waals surface area (Å²) in [6.07, 6.45) is 0.961. The highest BCUT2D eigenvalue weighted by Gasteiger charge is 2.19. The molecule has 134 valence electrons. The monoisotopic (exact) mass is 363 g/mol. The third-order valence-corrected chi connectivity index (χ3v) is 4.40. The van der Waals surface area contributed by atoms with Gasteiger partial charge in [-0.2, -0.15) is 0 Å². The predicted molar refractivity (Wildman–Crippen MR) is 98.0 cm³/mol. The molecule has 0 saturated heterocycles. The van der Waals surface area contributed by atoms with Crippen molar-refractivity contribution in [1.82, 2.24) is 4.90 Å². The Balaban J connectivity index is 0.00000225. The van der Waals surface area contributed by atoms with Crippen LogP contribution in [0.1, 0.15) is 27.0 Å². The summed E-state index contributed by atoms with van der Waals surface area (Å²) in [7, 11) is 3.30. The Hall–Kier alpha value is -2.24. The molecule has 25 heavy (non-hydrogen) atoms. The van der Waals surface area contributed by atoms with E-state index in [2.05, 4.69) is 11.0 Å². The van der Waals surface area contributed by atoms with Crippen molar-refractivity contribution < 1.29 is 19.4 Å². The summed E-state index contributed by atoms with van der Waals surface area (Å²) in [5, 5.41) is 8.97. The van der Waals surface area contributed by atoms with Crippen LogP contribution in [-0.2, 0) is 19.5 Å². The van der Waals surface area contributed by atoms with Crippen LogP contribution < -0.4 is 9.47 Å². The number of methoxy groups -OCH3 is 2. The van der Waals surface area contributed by atoms with Gasteiger partial charge in [0, 0.05) is 19.6 Å². The van der Waals surface area contributed by atoms with Crippen molar-refractivity contribution >= 4 is 18.4 Å². The fraction of sp³-hybridized carbons (Fsp3) is 0.316. The second-order valence-electron chi connectivity index (χ2n) is 5.94. The van der Waals surface area contributed by atoms with Crippen LogP contribution in [0.4, 0.5) is 0 Å². The lowest BCUT2D eigenvalue weighted by Crippen LogP contribution is -2.30. The molecule has 6 heteroatoms. The number of hydrogen-bond donors (Lipinski definition) is 1. The minimum Gasteiger partial charge on any atom is -0.493 e. The number of aromatic carboxylic acids is 1. The van der Waals surface area contributed by atoms with Crippen LogP contribution in [0.15, 0.2) is 36.4 Å². The zero-order chi connectivity index (χ0) is 17.1. The summed E-state index contributed by atoms with van der Waals surface area (Å²) >= 11 is 0. The van der Waals surface area contributed by atoms with E-state index in [1.165, 1.54) is 11.1 Å². The van der Waals surface area contributed by atoms with E-state index < -0.39 is 5.97 Å². The van der Waals surface area contributed by atoms with Crippen molar-refractivity contribution in [3.63, 3.8) is 0 Å². The van der Waals surface area contributed by atoms with E-state index in [0.29, 0.717) is 5.56 Å². The Kier molecular flexibility index (Phi) is 6.28. The SMILES string of the molecule is COc1cc2c(cc1OC)CN(Cc1ccc(C(=O)O)cc1)CC2.Cl. The summed E-state index contributed by atoms with van der Waals surface area (Å²) in [4.78, 5) is 13.3. The van der Waals surface area contributed by atoms with Crippen molar-refractivity contribution in [2.24, 2.45) is 0 Å². The van der Waals surface area contributed by atoms with E-state index in [1.807, 2.05) is 18.2 Å². The molecule has 0 unspecified atom stereocenters. The Morgan fingerprint density at radius 3 is 2.24 bits per heavy atom. The van der Waals surface area contributed by atoms with E-state index in [-0.39, 0.29) is 12.4 Å². The van der Waals surface area contributed by atoms with E-state index in [1.54, 1.807) is 26.4 Å². The molecule has 1 heterocycles. The van der Waals surface area contributed by atoms with Gasteiger partial charge in [0.25, 0.3) is 0 Å². The maximum atomic E-state index is 10.9. The third-order valence-electron chi connectivity index (χ3n) is 4.40. The molecule has 5 nitrogen and oxygen atoms in total. The van der Waals surface area contributed by atoms with Crippen LogP contribution in [0, 0.1) is 0 Å². The van der Waals surface area contributed by atoms with Gasteiger partial charge in [0.15, 0.2) is 11.5 Å². The van der Waals surface area contributed by atoms with E-state index in [4.69, 9.17) is 14.6 Å². The normalized spacial score (nSPS) is 13.5. The molecule has 0 bridgehead atoms. The summed E-state index contributed by atoms with van der Waals surface area (Å²) in [6, 6.07) is 11.2. The largest absolute Gasteiger partial charge is 0.493 e. The number of rotatable bonds is 5. The van der Waals surface area contributed by atoms with E-state index >= 15 is 0 Å². The van der Waals surface area contributed by atoms with Crippen LogP contribution in [-0.4, -0.2) is 36.7 Å². The number of nitrogens with zero attached hydrogens (tertiary/aromatic N) is 1. The number of carboxylic acids is 1. The fourth-order valence-electron chi connectivity index (χ4n) is 3.09. The first-order valence-electron chi connectivity index (χ1n) is 7.89. The van der Waals surface area contributed by atoms with Gasteiger partial charge in [-0.15, -0.1) is 12.4 Å². The number of ether oxygens (including phenoxy) is 2. The molecular formula is C19H22ClNO4. The Morgan fingerprint density at radius 1 is 1.08 bits per heavy atom. The molecular weight excluding hydrogens is 342 g/mol. The molecule has 1 aliphatic heterocycles. The van der Waals surface area contributed by atoms with Gasteiger partial charge in [0.2, 0.25) is 0 Å². The second-order valence-corrected chi connectivity index (χ2v) is 5.94. The van der Waals surface area contributed by atoms with Crippen LogP contribution in [0.5, 0.6) is 11.5 Å². The second kappa shape index (κ2) is 8.23. The maximum absolute atomic E-state index is 10.9. The van der Waals surface area contributed by atoms with Crippen molar-refractivity contribution in [3.05, 3.63) is 58.7 Å². The lowest BCUT2D eigenvalue weighted by molar-refractivity contribution is 0.0697. The molecule has 0 atom stereocenters. The highest BCUT2D eigenvalue weighted by molar-refractivity contribution is 5.87. The molecule has 0 aromatic heterocycles. The van der Waals surface area contributed by atoms with Gasteiger partial charge < -0.3 is 14.6 Å². The van der Waals surface area contributed by atoms with E-state index in [9.17, 15) is 4.79 Å². The van der Waals surface area contributed by atoms with Crippen molar-refractivity contribution in [1.29, 1.82) is 0 Å². The lowest BCUT2D eigenvalue weighted by Gasteiger charge is -2.29. The fourth-order valence-corrected chi connectivity index (χ4v) is 3.09. The molecule has 2 aromatic carbocycles. The summed E-state index contributed by atoms with van der Waals surface area (Å²) < 4.78 is 10.8. The smallest absolute Gasteiger partial charge is 0.335 e. The van der Waals surface area contributed by atoms with Crippen molar-refractivity contribution in [2.45, 2.75) is 19.5 Å². The molecule has 0 radical (unpaired) electrons. The first-order valence-corrected chi connectivity index (χ1v) is 7.89. The van der Waals surface area contributed by atoms with E-state index in [0.717, 1.165) is 43.1 Å². The molecule has 0 spiro atoms. The highest BCUT2D eigenvalue weighted by Crippen LogP contribution is 2.33. The molecule has 1 N–H and O–H groups in total. The van der Waals surface area contributed by atoms with Gasteiger partial charge in [-0.3, -0.25) is 4.90 Å². The highest BCUT2D eigenvalue weighted by atomic mass is 35.5. The first-order chi connectivity index (χ1) is 11.6. The van der Waals surface area contributed by atoms with Gasteiger partial charge in [0.05, 0.1) is 19.8 Å². The lowest BCUT2D eigenvalue weighted by atomic mass is 9.98. The van der Waals surface area contributed by atoms with Gasteiger partial charge >= 0.3 is 5.97 Å². The number of hydrogen-bond acceptors (Lipinski definition) is 4. The number of halogens is 1. The number of carboxylic acid groups (broad SMARTS) is 1. The number of fused-ring (bicyclic) bond motifs is 1. The third kappa shape index (κ3) is 4.24. The molecule has 0 aliphatic carbocycles. The average Bonchev–Trinajstić information content (AvgIpc) is 2.60. The van der Waals surface area contributed by atoms with Crippen LogP contribution in [0.2, 0.25) is 0 Å². The van der Waals surface area contributed by atoms with Crippen LogP contribution >= 0.6 is 12.4 Å². The predicted octanol–water partition coefficient (Wildman–Crippen LogP) is 3.38. The molecule has 0 saturated carbocycles. The molecule has 2 aromatic rings.